The molecule has 32 heavy (non-hydrogen) atoms. The highest BCUT2D eigenvalue weighted by molar-refractivity contribution is 6.35. The molecule has 1 heterocycles. The molecule has 1 aliphatic heterocycles. The van der Waals surface area contributed by atoms with E-state index >= 15 is 0 Å². The van der Waals surface area contributed by atoms with Crippen molar-refractivity contribution >= 4 is 46.5 Å². The number of carbonyl (C=O) groups excluding carboxylic acids is 2. The van der Waals surface area contributed by atoms with Gasteiger partial charge in [-0.25, -0.2) is 4.79 Å². The minimum absolute atomic E-state index is 0.283. The van der Waals surface area contributed by atoms with E-state index in [9.17, 15) is 9.59 Å². The van der Waals surface area contributed by atoms with E-state index in [2.05, 4.69) is 22.0 Å². The van der Waals surface area contributed by atoms with Crippen molar-refractivity contribution in [2.45, 2.75) is 20.0 Å². The SMILES string of the molecule is CCN1CCN(c2ccc(NC(=O)COC(=O)C(C)Oc3ccc(Cl)cc3Cl)cc2)CC1. The number of hydrogen-bond acceptors (Lipinski definition) is 6. The zero-order valence-corrected chi connectivity index (χ0v) is 19.7. The molecule has 7 nitrogen and oxygen atoms in total. The van der Waals surface area contributed by atoms with E-state index in [0.717, 1.165) is 38.4 Å². The summed E-state index contributed by atoms with van der Waals surface area (Å²) in [6, 6.07) is 12.3. The Bertz CT molecular complexity index is 931. The van der Waals surface area contributed by atoms with Crippen LogP contribution in [0.5, 0.6) is 5.75 Å². The molecule has 0 bridgehead atoms. The van der Waals surface area contributed by atoms with Crippen molar-refractivity contribution in [2.24, 2.45) is 0 Å². The lowest BCUT2D eigenvalue weighted by Crippen LogP contribution is -2.46. The molecule has 2 aromatic rings. The Morgan fingerprint density at radius 1 is 1.06 bits per heavy atom. The minimum Gasteiger partial charge on any atom is -0.477 e. The highest BCUT2D eigenvalue weighted by Gasteiger charge is 2.19. The summed E-state index contributed by atoms with van der Waals surface area (Å²) in [5.74, 6) is -0.798. The molecule has 1 aliphatic rings. The molecule has 9 heteroatoms. The Hall–Kier alpha value is -2.48. The van der Waals surface area contributed by atoms with Gasteiger partial charge in [0.25, 0.3) is 5.91 Å². The first kappa shape index (κ1) is 24.2. The van der Waals surface area contributed by atoms with E-state index in [1.165, 1.54) is 13.0 Å². The quantitative estimate of drug-likeness (QED) is 0.575. The van der Waals surface area contributed by atoms with Gasteiger partial charge in [-0.2, -0.15) is 0 Å². The van der Waals surface area contributed by atoms with Gasteiger partial charge in [0.2, 0.25) is 0 Å². The summed E-state index contributed by atoms with van der Waals surface area (Å²) in [5, 5.41) is 3.47. The van der Waals surface area contributed by atoms with Crippen LogP contribution in [0.2, 0.25) is 10.0 Å². The van der Waals surface area contributed by atoms with Crippen LogP contribution >= 0.6 is 23.2 Å². The number of benzene rings is 2. The summed E-state index contributed by atoms with van der Waals surface area (Å²) in [6.07, 6.45) is -0.936. The van der Waals surface area contributed by atoms with E-state index in [1.807, 2.05) is 24.3 Å². The summed E-state index contributed by atoms with van der Waals surface area (Å²) < 4.78 is 10.5. The number of likely N-dealkylation sites (N-methyl/N-ethyl adjacent to an activating group) is 1. The summed E-state index contributed by atoms with van der Waals surface area (Å²) >= 11 is 11.9. The van der Waals surface area contributed by atoms with Crippen molar-refractivity contribution in [1.29, 1.82) is 0 Å². The summed E-state index contributed by atoms with van der Waals surface area (Å²) in [7, 11) is 0. The molecule has 0 aliphatic carbocycles. The molecule has 0 saturated carbocycles. The first-order chi connectivity index (χ1) is 15.4. The maximum atomic E-state index is 12.2. The standard InChI is InChI=1S/C23H27Cl2N3O4/c1-3-27-10-12-28(13-11-27)19-7-5-18(6-8-19)26-22(29)15-31-23(30)16(2)32-21-9-4-17(24)14-20(21)25/h4-9,14,16H,3,10-13,15H2,1-2H3,(H,26,29). The number of nitrogens with one attached hydrogen (secondary N) is 1. The van der Waals surface area contributed by atoms with Crippen LogP contribution in [0.4, 0.5) is 11.4 Å². The predicted octanol–water partition coefficient (Wildman–Crippen LogP) is 4.08. The molecular weight excluding hydrogens is 453 g/mol. The highest BCUT2D eigenvalue weighted by atomic mass is 35.5. The topological polar surface area (TPSA) is 71.1 Å². The normalized spacial score (nSPS) is 15.2. The predicted molar refractivity (Wildman–Crippen MR) is 127 cm³/mol. The second kappa shape index (κ2) is 11.4. The average Bonchev–Trinajstić information content (AvgIpc) is 2.80. The van der Waals surface area contributed by atoms with Crippen LogP contribution in [-0.2, 0) is 14.3 Å². The number of piperazine rings is 1. The molecule has 1 amide bonds. The molecule has 2 aromatic carbocycles. The largest absolute Gasteiger partial charge is 0.477 e. The van der Waals surface area contributed by atoms with Gasteiger partial charge in [-0.15, -0.1) is 0 Å². The van der Waals surface area contributed by atoms with Gasteiger partial charge in [0.1, 0.15) is 5.75 Å². The Balaban J connectivity index is 1.43. The van der Waals surface area contributed by atoms with Crippen LogP contribution in [0.25, 0.3) is 0 Å². The first-order valence-electron chi connectivity index (χ1n) is 10.5. The second-order valence-corrected chi connectivity index (χ2v) is 8.30. The van der Waals surface area contributed by atoms with Gasteiger partial charge in [0.15, 0.2) is 12.7 Å². The third kappa shape index (κ3) is 6.76. The number of halogens is 2. The zero-order chi connectivity index (χ0) is 23.1. The van der Waals surface area contributed by atoms with Gasteiger partial charge >= 0.3 is 5.97 Å². The molecule has 1 unspecified atom stereocenters. The fraction of sp³-hybridized carbons (Fsp3) is 0.391. The minimum atomic E-state index is -0.936. The van der Waals surface area contributed by atoms with Crippen LogP contribution in [0.1, 0.15) is 13.8 Å². The van der Waals surface area contributed by atoms with E-state index in [4.69, 9.17) is 32.7 Å². The maximum Gasteiger partial charge on any atom is 0.347 e. The number of anilines is 2. The first-order valence-corrected chi connectivity index (χ1v) is 11.3. The molecular formula is C23H27Cl2N3O4. The Kier molecular flexibility index (Phi) is 8.61. The Morgan fingerprint density at radius 3 is 2.38 bits per heavy atom. The van der Waals surface area contributed by atoms with Crippen LogP contribution in [0.3, 0.4) is 0 Å². The smallest absolute Gasteiger partial charge is 0.347 e. The number of rotatable bonds is 8. The Labute approximate surface area is 198 Å². The van der Waals surface area contributed by atoms with Crippen LogP contribution < -0.4 is 15.0 Å². The molecule has 0 radical (unpaired) electrons. The zero-order valence-electron chi connectivity index (χ0n) is 18.1. The molecule has 1 saturated heterocycles. The van der Waals surface area contributed by atoms with Crippen molar-refractivity contribution in [2.75, 3.05) is 49.5 Å². The van der Waals surface area contributed by atoms with E-state index < -0.39 is 24.6 Å². The van der Waals surface area contributed by atoms with Crippen molar-refractivity contribution in [3.8, 4) is 5.75 Å². The number of carbonyl (C=O) groups is 2. The van der Waals surface area contributed by atoms with Gasteiger partial charge < -0.3 is 24.6 Å². The lowest BCUT2D eigenvalue weighted by Gasteiger charge is -2.35. The van der Waals surface area contributed by atoms with Crippen LogP contribution in [0, 0.1) is 0 Å². The van der Waals surface area contributed by atoms with Crippen molar-refractivity contribution < 1.29 is 19.1 Å². The van der Waals surface area contributed by atoms with E-state index in [0.29, 0.717) is 16.5 Å². The number of ether oxygens (including phenoxy) is 2. The molecule has 1 atom stereocenters. The van der Waals surface area contributed by atoms with Crippen molar-refractivity contribution in [1.82, 2.24) is 4.90 Å². The average molecular weight is 480 g/mol. The molecule has 0 aromatic heterocycles. The van der Waals surface area contributed by atoms with Gasteiger partial charge in [-0.3, -0.25) is 4.79 Å². The van der Waals surface area contributed by atoms with Gasteiger partial charge in [0, 0.05) is 42.6 Å². The van der Waals surface area contributed by atoms with Gasteiger partial charge in [0.05, 0.1) is 5.02 Å². The second-order valence-electron chi connectivity index (χ2n) is 7.46. The molecule has 172 valence electrons. The Morgan fingerprint density at radius 2 is 1.75 bits per heavy atom. The van der Waals surface area contributed by atoms with Crippen molar-refractivity contribution in [3.63, 3.8) is 0 Å². The lowest BCUT2D eigenvalue weighted by atomic mass is 10.2. The fourth-order valence-electron chi connectivity index (χ4n) is 3.34. The maximum absolute atomic E-state index is 12.2. The molecule has 1 fully saturated rings. The summed E-state index contributed by atoms with van der Waals surface area (Å²) in [6.45, 7) is 8.41. The molecule has 3 rings (SSSR count). The third-order valence-corrected chi connectivity index (χ3v) is 5.74. The summed E-state index contributed by atoms with van der Waals surface area (Å²) in [4.78, 5) is 29.1. The molecule has 0 spiro atoms. The van der Waals surface area contributed by atoms with E-state index in [1.54, 1.807) is 12.1 Å². The lowest BCUT2D eigenvalue weighted by molar-refractivity contribution is -0.153. The van der Waals surface area contributed by atoms with Crippen LogP contribution in [0.15, 0.2) is 42.5 Å². The number of amides is 1. The highest BCUT2D eigenvalue weighted by Crippen LogP contribution is 2.28. The summed E-state index contributed by atoms with van der Waals surface area (Å²) in [5.41, 5.74) is 1.76. The molecule has 1 N–H and O–H groups in total. The van der Waals surface area contributed by atoms with Gasteiger partial charge in [-0.1, -0.05) is 30.1 Å². The van der Waals surface area contributed by atoms with Crippen LogP contribution in [-0.4, -0.2) is 62.2 Å². The number of esters is 1. The number of nitrogens with zero attached hydrogens (tertiary/aromatic N) is 2. The van der Waals surface area contributed by atoms with E-state index in [-0.39, 0.29) is 5.02 Å². The fourth-order valence-corrected chi connectivity index (χ4v) is 3.79. The number of hydrogen-bond donors (Lipinski definition) is 1. The van der Waals surface area contributed by atoms with Crippen molar-refractivity contribution in [3.05, 3.63) is 52.5 Å². The monoisotopic (exact) mass is 479 g/mol. The van der Waals surface area contributed by atoms with Gasteiger partial charge in [-0.05, 0) is 55.9 Å². The third-order valence-electron chi connectivity index (χ3n) is 5.21.